The summed E-state index contributed by atoms with van der Waals surface area (Å²) in [6, 6.07) is 0. The molecule has 0 unspecified atom stereocenters. The predicted molar refractivity (Wildman–Crippen MR) is 58.6 cm³/mol. The number of sulfone groups is 1. The Morgan fingerprint density at radius 1 is 1.20 bits per heavy atom. The van der Waals surface area contributed by atoms with Gasteiger partial charge in [-0.05, 0) is 6.92 Å². The van der Waals surface area contributed by atoms with Gasteiger partial charge in [0.2, 0.25) is 0 Å². The molecular weight excluding hydrogens is 212 g/mol. The van der Waals surface area contributed by atoms with E-state index in [0.717, 1.165) is 0 Å². The second kappa shape index (κ2) is 3.56. The van der Waals surface area contributed by atoms with E-state index >= 15 is 0 Å². The summed E-state index contributed by atoms with van der Waals surface area (Å²) in [6.45, 7) is 7.49. The molecule has 0 fully saturated rings. The largest absolute Gasteiger partial charge is 0.240 e. The van der Waals surface area contributed by atoms with Crippen LogP contribution in [-0.4, -0.2) is 24.6 Å². The Bertz CT molecular complexity index is 473. The van der Waals surface area contributed by atoms with Crippen LogP contribution in [0.2, 0.25) is 0 Å². The van der Waals surface area contributed by atoms with Gasteiger partial charge in [0.15, 0.2) is 9.84 Å². The van der Waals surface area contributed by atoms with Crippen molar-refractivity contribution in [3.63, 3.8) is 0 Å². The fraction of sp³-hybridized carbons (Fsp3) is 0.600. The molecule has 0 saturated carbocycles. The number of nitrogens with zero attached hydrogens (tertiary/aromatic N) is 2. The minimum atomic E-state index is -3.27. The van der Waals surface area contributed by atoms with Gasteiger partial charge >= 0.3 is 0 Å². The summed E-state index contributed by atoms with van der Waals surface area (Å²) < 4.78 is 23.3. The second-order valence-electron chi connectivity index (χ2n) is 4.66. The standard InChI is InChI=1S/C10H16N2O2S/c1-7-8(15(5,13)14)9(10(2,3)4)12-6-11-7/h6H,1-5H3. The zero-order valence-corrected chi connectivity index (χ0v) is 10.5. The van der Waals surface area contributed by atoms with Crippen LogP contribution in [0.4, 0.5) is 0 Å². The smallest absolute Gasteiger partial charge is 0.179 e. The lowest BCUT2D eigenvalue weighted by Gasteiger charge is -2.21. The molecule has 0 bridgehead atoms. The first-order valence-electron chi connectivity index (χ1n) is 4.66. The fourth-order valence-corrected chi connectivity index (χ4v) is 2.74. The summed E-state index contributed by atoms with van der Waals surface area (Å²) in [5.41, 5.74) is 0.793. The molecule has 1 aromatic rings. The van der Waals surface area contributed by atoms with Crippen LogP contribution in [0, 0.1) is 6.92 Å². The van der Waals surface area contributed by atoms with Crippen molar-refractivity contribution < 1.29 is 8.42 Å². The van der Waals surface area contributed by atoms with Gasteiger partial charge in [0.25, 0.3) is 0 Å². The predicted octanol–water partition coefficient (Wildman–Crippen LogP) is 1.49. The van der Waals surface area contributed by atoms with Gasteiger partial charge < -0.3 is 0 Å². The number of aromatic nitrogens is 2. The van der Waals surface area contributed by atoms with Crippen molar-refractivity contribution in [1.82, 2.24) is 9.97 Å². The zero-order valence-electron chi connectivity index (χ0n) is 9.70. The Morgan fingerprint density at radius 3 is 2.07 bits per heavy atom. The zero-order chi connectivity index (χ0) is 11.9. The molecule has 0 aliphatic carbocycles. The third-order valence-corrected chi connectivity index (χ3v) is 3.29. The lowest BCUT2D eigenvalue weighted by atomic mass is 9.91. The van der Waals surface area contributed by atoms with E-state index < -0.39 is 9.84 Å². The Hall–Kier alpha value is -0.970. The molecule has 15 heavy (non-hydrogen) atoms. The summed E-state index contributed by atoms with van der Waals surface area (Å²) in [5, 5.41) is 0. The topological polar surface area (TPSA) is 59.9 Å². The normalized spacial score (nSPS) is 12.9. The van der Waals surface area contributed by atoms with E-state index in [1.807, 2.05) is 20.8 Å². The number of aryl methyl sites for hydroxylation is 1. The van der Waals surface area contributed by atoms with Crippen LogP contribution in [0.15, 0.2) is 11.2 Å². The fourth-order valence-electron chi connectivity index (χ4n) is 1.44. The second-order valence-corrected chi connectivity index (χ2v) is 6.61. The van der Waals surface area contributed by atoms with Crippen molar-refractivity contribution >= 4 is 9.84 Å². The van der Waals surface area contributed by atoms with Gasteiger partial charge in [-0.2, -0.15) is 0 Å². The number of hydrogen-bond acceptors (Lipinski definition) is 4. The van der Waals surface area contributed by atoms with E-state index in [9.17, 15) is 8.42 Å². The first-order valence-corrected chi connectivity index (χ1v) is 6.55. The van der Waals surface area contributed by atoms with Crippen molar-refractivity contribution in [3.05, 3.63) is 17.7 Å². The summed E-state index contributed by atoms with van der Waals surface area (Å²) in [6.07, 6.45) is 2.60. The van der Waals surface area contributed by atoms with Gasteiger partial charge in [0.1, 0.15) is 11.2 Å². The maximum absolute atomic E-state index is 11.6. The lowest BCUT2D eigenvalue weighted by molar-refractivity contribution is 0.538. The first kappa shape index (κ1) is 12.1. The number of rotatable bonds is 1. The van der Waals surface area contributed by atoms with Gasteiger partial charge in [-0.1, -0.05) is 20.8 Å². The van der Waals surface area contributed by atoms with Gasteiger partial charge in [-0.15, -0.1) is 0 Å². The Balaban J connectivity index is 3.63. The SMILES string of the molecule is Cc1ncnc(C(C)(C)C)c1S(C)(=O)=O. The molecule has 0 saturated heterocycles. The van der Waals surface area contributed by atoms with Crippen LogP contribution in [0.25, 0.3) is 0 Å². The Kier molecular flexibility index (Phi) is 2.87. The molecule has 5 heteroatoms. The lowest BCUT2D eigenvalue weighted by Crippen LogP contribution is -2.20. The molecule has 0 aliphatic rings. The molecule has 0 atom stereocenters. The third-order valence-electron chi connectivity index (χ3n) is 2.06. The maximum atomic E-state index is 11.6. The molecule has 1 aromatic heterocycles. The summed E-state index contributed by atoms with van der Waals surface area (Å²) >= 11 is 0. The van der Waals surface area contributed by atoms with E-state index in [1.54, 1.807) is 6.92 Å². The molecule has 1 heterocycles. The van der Waals surface area contributed by atoms with Gasteiger partial charge in [-0.25, -0.2) is 18.4 Å². The summed E-state index contributed by atoms with van der Waals surface area (Å²) in [7, 11) is -3.27. The highest BCUT2D eigenvalue weighted by Gasteiger charge is 2.26. The number of hydrogen-bond donors (Lipinski definition) is 0. The van der Waals surface area contributed by atoms with Crippen LogP contribution in [0.1, 0.15) is 32.2 Å². The van der Waals surface area contributed by atoms with Crippen molar-refractivity contribution in [3.8, 4) is 0 Å². The van der Waals surface area contributed by atoms with E-state index in [0.29, 0.717) is 11.4 Å². The highest BCUT2D eigenvalue weighted by molar-refractivity contribution is 7.90. The molecule has 0 N–H and O–H groups in total. The highest BCUT2D eigenvalue weighted by Crippen LogP contribution is 2.27. The van der Waals surface area contributed by atoms with Crippen molar-refractivity contribution in [2.75, 3.05) is 6.26 Å². The molecule has 0 radical (unpaired) electrons. The average Bonchev–Trinajstić information content (AvgIpc) is 1.99. The van der Waals surface area contributed by atoms with Crippen LogP contribution in [0.3, 0.4) is 0 Å². The van der Waals surface area contributed by atoms with Gasteiger partial charge in [-0.3, -0.25) is 0 Å². The monoisotopic (exact) mass is 228 g/mol. The summed E-state index contributed by atoms with van der Waals surface area (Å²) in [4.78, 5) is 8.28. The average molecular weight is 228 g/mol. The molecule has 0 spiro atoms. The minimum absolute atomic E-state index is 0.262. The Morgan fingerprint density at radius 2 is 1.73 bits per heavy atom. The molecule has 0 amide bonds. The van der Waals surface area contributed by atoms with Crippen molar-refractivity contribution in [2.24, 2.45) is 0 Å². The van der Waals surface area contributed by atoms with Gasteiger partial charge in [0.05, 0.1) is 11.4 Å². The molecule has 0 aliphatic heterocycles. The van der Waals surface area contributed by atoms with Crippen LogP contribution in [-0.2, 0) is 15.3 Å². The molecule has 4 nitrogen and oxygen atoms in total. The minimum Gasteiger partial charge on any atom is -0.240 e. The Labute approximate surface area is 90.7 Å². The molecular formula is C10H16N2O2S. The van der Waals surface area contributed by atoms with Crippen molar-refractivity contribution in [2.45, 2.75) is 38.0 Å². The van der Waals surface area contributed by atoms with Crippen LogP contribution < -0.4 is 0 Å². The molecule has 0 aromatic carbocycles. The van der Waals surface area contributed by atoms with E-state index in [4.69, 9.17) is 0 Å². The van der Waals surface area contributed by atoms with E-state index in [1.165, 1.54) is 12.6 Å². The first-order chi connectivity index (χ1) is 6.64. The van der Waals surface area contributed by atoms with E-state index in [-0.39, 0.29) is 10.3 Å². The summed E-state index contributed by atoms with van der Waals surface area (Å²) in [5.74, 6) is 0. The maximum Gasteiger partial charge on any atom is 0.179 e. The van der Waals surface area contributed by atoms with Crippen LogP contribution in [0.5, 0.6) is 0 Å². The highest BCUT2D eigenvalue weighted by atomic mass is 32.2. The van der Waals surface area contributed by atoms with Crippen molar-refractivity contribution in [1.29, 1.82) is 0 Å². The van der Waals surface area contributed by atoms with Crippen LogP contribution >= 0.6 is 0 Å². The van der Waals surface area contributed by atoms with E-state index in [2.05, 4.69) is 9.97 Å². The third kappa shape index (κ3) is 2.53. The molecule has 1 rings (SSSR count). The quantitative estimate of drug-likeness (QED) is 0.730. The van der Waals surface area contributed by atoms with Gasteiger partial charge in [0, 0.05) is 11.7 Å². The molecule has 84 valence electrons.